The van der Waals surface area contributed by atoms with E-state index in [1.54, 1.807) is 30.3 Å². The van der Waals surface area contributed by atoms with Crippen molar-refractivity contribution in [1.29, 1.82) is 0 Å². The van der Waals surface area contributed by atoms with Gasteiger partial charge in [0.05, 0.1) is 5.56 Å². The number of hydrogen-bond donors (Lipinski definition) is 1. The van der Waals surface area contributed by atoms with Crippen molar-refractivity contribution in [2.24, 2.45) is 0 Å². The summed E-state index contributed by atoms with van der Waals surface area (Å²) in [6.07, 6.45) is 0. The Balaban J connectivity index is 1.53. The standard InChI is InChI=1S/C26H23NO3/c1-26(2,3)20-12-8-18(9-13-20)24(28)27-21-14-10-17(11-15-21)22-16-19-6-4-5-7-23(19)30-25(22)29/h4-16H,1-3H3,(H,27,28). The predicted octanol–water partition coefficient (Wildman–Crippen LogP) is 6.01. The average molecular weight is 397 g/mol. The van der Waals surface area contributed by atoms with Crippen molar-refractivity contribution in [2.75, 3.05) is 5.32 Å². The van der Waals surface area contributed by atoms with Crippen molar-refractivity contribution >= 4 is 22.6 Å². The van der Waals surface area contributed by atoms with Gasteiger partial charge in [0.25, 0.3) is 5.91 Å². The number of amides is 1. The van der Waals surface area contributed by atoms with Crippen molar-refractivity contribution in [2.45, 2.75) is 26.2 Å². The Kier molecular flexibility index (Phi) is 5.00. The van der Waals surface area contributed by atoms with Gasteiger partial charge >= 0.3 is 5.63 Å². The van der Waals surface area contributed by atoms with Crippen LogP contribution in [0.25, 0.3) is 22.1 Å². The van der Waals surface area contributed by atoms with Crippen molar-refractivity contribution < 1.29 is 9.21 Å². The summed E-state index contributed by atoms with van der Waals surface area (Å²) in [5, 5.41) is 3.76. The van der Waals surface area contributed by atoms with Gasteiger partial charge in [-0.1, -0.05) is 63.2 Å². The number of para-hydroxylation sites is 1. The molecule has 0 atom stereocenters. The zero-order chi connectivity index (χ0) is 21.3. The van der Waals surface area contributed by atoms with E-state index < -0.39 is 0 Å². The number of benzene rings is 3. The molecule has 1 N–H and O–H groups in total. The first-order chi connectivity index (χ1) is 14.3. The molecule has 150 valence electrons. The molecule has 4 rings (SSSR count). The van der Waals surface area contributed by atoms with Crippen LogP contribution < -0.4 is 10.9 Å². The maximum atomic E-state index is 12.6. The largest absolute Gasteiger partial charge is 0.422 e. The van der Waals surface area contributed by atoms with E-state index >= 15 is 0 Å². The van der Waals surface area contributed by atoms with E-state index in [1.807, 2.05) is 48.5 Å². The zero-order valence-corrected chi connectivity index (χ0v) is 17.2. The lowest BCUT2D eigenvalue weighted by molar-refractivity contribution is 0.102. The fraction of sp³-hybridized carbons (Fsp3) is 0.154. The molecule has 3 aromatic carbocycles. The molecule has 0 unspecified atom stereocenters. The summed E-state index contributed by atoms with van der Waals surface area (Å²) in [6, 6.07) is 24.1. The molecule has 1 aromatic heterocycles. The van der Waals surface area contributed by atoms with Gasteiger partial charge in [-0.3, -0.25) is 4.79 Å². The molecule has 1 amide bonds. The monoisotopic (exact) mass is 397 g/mol. The highest BCUT2D eigenvalue weighted by molar-refractivity contribution is 6.04. The second-order valence-electron chi connectivity index (χ2n) is 8.34. The molecule has 4 heteroatoms. The maximum absolute atomic E-state index is 12.6. The van der Waals surface area contributed by atoms with Crippen LogP contribution in [0.4, 0.5) is 5.69 Å². The summed E-state index contributed by atoms with van der Waals surface area (Å²) in [5.74, 6) is -0.173. The van der Waals surface area contributed by atoms with Gasteiger partial charge in [-0.25, -0.2) is 4.79 Å². The first kappa shape index (κ1) is 19.6. The third-order valence-electron chi connectivity index (χ3n) is 5.11. The van der Waals surface area contributed by atoms with Crippen LogP contribution in [-0.2, 0) is 5.41 Å². The lowest BCUT2D eigenvalue weighted by Crippen LogP contribution is -2.14. The fourth-order valence-corrected chi connectivity index (χ4v) is 3.32. The minimum absolute atomic E-state index is 0.0420. The third kappa shape index (κ3) is 4.03. The van der Waals surface area contributed by atoms with E-state index in [0.29, 0.717) is 22.4 Å². The van der Waals surface area contributed by atoms with Gasteiger partial charge in [-0.2, -0.15) is 0 Å². The highest BCUT2D eigenvalue weighted by Gasteiger charge is 2.14. The highest BCUT2D eigenvalue weighted by Crippen LogP contribution is 2.24. The maximum Gasteiger partial charge on any atom is 0.344 e. The molecule has 30 heavy (non-hydrogen) atoms. The van der Waals surface area contributed by atoms with Crippen molar-refractivity contribution in [1.82, 2.24) is 0 Å². The Morgan fingerprint density at radius 3 is 2.20 bits per heavy atom. The lowest BCUT2D eigenvalue weighted by atomic mass is 9.87. The number of fused-ring (bicyclic) bond motifs is 1. The Hall–Kier alpha value is -3.66. The smallest absolute Gasteiger partial charge is 0.344 e. The van der Waals surface area contributed by atoms with E-state index in [2.05, 4.69) is 26.1 Å². The minimum atomic E-state index is -0.385. The zero-order valence-electron chi connectivity index (χ0n) is 17.2. The Morgan fingerprint density at radius 1 is 0.867 bits per heavy atom. The molecule has 1 heterocycles. The summed E-state index contributed by atoms with van der Waals surface area (Å²) < 4.78 is 5.41. The summed E-state index contributed by atoms with van der Waals surface area (Å²) in [5.41, 5.74) is 3.89. The van der Waals surface area contributed by atoms with Crippen LogP contribution >= 0.6 is 0 Å². The van der Waals surface area contributed by atoms with Gasteiger partial charge in [0, 0.05) is 16.6 Å². The SMILES string of the molecule is CC(C)(C)c1ccc(C(=O)Nc2ccc(-c3cc4ccccc4oc3=O)cc2)cc1. The van der Waals surface area contributed by atoms with E-state index in [1.165, 1.54) is 5.56 Å². The molecule has 0 aliphatic heterocycles. The van der Waals surface area contributed by atoms with Crippen molar-refractivity contribution in [3.63, 3.8) is 0 Å². The molecule has 0 radical (unpaired) electrons. The quantitative estimate of drug-likeness (QED) is 0.431. The molecule has 0 fully saturated rings. The number of anilines is 1. The van der Waals surface area contributed by atoms with Gasteiger partial charge < -0.3 is 9.73 Å². The van der Waals surface area contributed by atoms with Crippen LogP contribution in [0.1, 0.15) is 36.7 Å². The van der Waals surface area contributed by atoms with Gasteiger partial charge in [0.1, 0.15) is 5.58 Å². The van der Waals surface area contributed by atoms with E-state index in [-0.39, 0.29) is 16.9 Å². The number of nitrogens with one attached hydrogen (secondary N) is 1. The number of rotatable bonds is 3. The molecule has 0 spiro atoms. The molecule has 0 saturated carbocycles. The van der Waals surface area contributed by atoms with Gasteiger partial charge in [0.2, 0.25) is 0 Å². The number of carbonyl (C=O) groups excluding carboxylic acids is 1. The lowest BCUT2D eigenvalue weighted by Gasteiger charge is -2.19. The molecule has 0 bridgehead atoms. The second-order valence-corrected chi connectivity index (χ2v) is 8.34. The molecule has 4 aromatic rings. The van der Waals surface area contributed by atoms with Crippen LogP contribution in [0, 0.1) is 0 Å². The van der Waals surface area contributed by atoms with Crippen LogP contribution in [0.2, 0.25) is 0 Å². The summed E-state index contributed by atoms with van der Waals surface area (Å²) in [7, 11) is 0. The second kappa shape index (κ2) is 7.64. The normalized spacial score (nSPS) is 11.4. The Labute approximate surface area is 175 Å². The molecule has 0 saturated heterocycles. The molecule has 4 nitrogen and oxygen atoms in total. The summed E-state index contributed by atoms with van der Waals surface area (Å²) >= 11 is 0. The molecular formula is C26H23NO3. The molecule has 0 aliphatic rings. The molecule has 0 aliphatic carbocycles. The van der Waals surface area contributed by atoms with Gasteiger partial charge in [-0.05, 0) is 52.9 Å². The third-order valence-corrected chi connectivity index (χ3v) is 5.11. The Bertz CT molecular complexity index is 1260. The van der Waals surface area contributed by atoms with Crippen molar-refractivity contribution in [3.05, 3.63) is 100 Å². The first-order valence-corrected chi connectivity index (χ1v) is 9.86. The fourth-order valence-electron chi connectivity index (χ4n) is 3.32. The Morgan fingerprint density at radius 2 is 1.53 bits per heavy atom. The van der Waals surface area contributed by atoms with Crippen LogP contribution in [0.3, 0.4) is 0 Å². The van der Waals surface area contributed by atoms with Crippen molar-refractivity contribution in [3.8, 4) is 11.1 Å². The topological polar surface area (TPSA) is 59.3 Å². The predicted molar refractivity (Wildman–Crippen MR) is 121 cm³/mol. The highest BCUT2D eigenvalue weighted by atomic mass is 16.4. The first-order valence-electron chi connectivity index (χ1n) is 9.86. The summed E-state index contributed by atoms with van der Waals surface area (Å²) in [4.78, 5) is 24.9. The van der Waals surface area contributed by atoms with Crippen LogP contribution in [0.15, 0.2) is 88.1 Å². The summed E-state index contributed by atoms with van der Waals surface area (Å²) in [6.45, 7) is 6.42. The minimum Gasteiger partial charge on any atom is -0.422 e. The number of carbonyl (C=O) groups is 1. The van der Waals surface area contributed by atoms with Crippen LogP contribution in [0.5, 0.6) is 0 Å². The van der Waals surface area contributed by atoms with E-state index in [0.717, 1.165) is 10.9 Å². The van der Waals surface area contributed by atoms with E-state index in [4.69, 9.17) is 4.42 Å². The average Bonchev–Trinajstić information content (AvgIpc) is 2.73. The number of hydrogen-bond acceptors (Lipinski definition) is 3. The van der Waals surface area contributed by atoms with Gasteiger partial charge in [0.15, 0.2) is 0 Å². The van der Waals surface area contributed by atoms with E-state index in [9.17, 15) is 9.59 Å². The van der Waals surface area contributed by atoms with Gasteiger partial charge in [-0.15, -0.1) is 0 Å². The van der Waals surface area contributed by atoms with Crippen LogP contribution in [-0.4, -0.2) is 5.91 Å². The molecular weight excluding hydrogens is 374 g/mol.